The fourth-order valence-electron chi connectivity index (χ4n) is 12.8. The van der Waals surface area contributed by atoms with Crippen molar-refractivity contribution in [2.45, 2.75) is 381 Å². The number of ether oxygens (including phenoxy) is 6. The molecule has 3 saturated heterocycles. The van der Waals surface area contributed by atoms with Crippen LogP contribution in [-0.4, -0.2) is 193 Å². The van der Waals surface area contributed by atoms with E-state index in [0.717, 1.165) is 77.0 Å². The van der Waals surface area contributed by atoms with E-state index in [2.05, 4.69) is 104 Å². The summed E-state index contributed by atoms with van der Waals surface area (Å²) in [4.78, 5) is 13.4. The number of hydrogen-bond acceptors (Lipinski definition) is 18. The second-order valence-corrected chi connectivity index (χ2v) is 27.8. The molecule has 12 N–H and O–H groups in total. The molecule has 0 aromatic rings. The maximum atomic E-state index is 13.4. The van der Waals surface area contributed by atoms with E-state index in [0.29, 0.717) is 12.8 Å². The lowest BCUT2D eigenvalue weighted by Crippen LogP contribution is -2.66. The molecule has 3 aliphatic heterocycles. The third kappa shape index (κ3) is 40.8. The van der Waals surface area contributed by atoms with Crippen molar-refractivity contribution < 1.29 is 89.4 Å². The monoisotopic (exact) mass is 1420 g/mol. The van der Waals surface area contributed by atoms with E-state index < -0.39 is 124 Å². The van der Waals surface area contributed by atoms with Crippen molar-refractivity contribution in [2.75, 3.05) is 26.4 Å². The SMILES string of the molecule is CC/C=C\C/C=C\C/C=C\C/C=C\C/C=C\C/C=C\CCCCCCCCCCCCCCCCCCCCCCCCC(=O)NC(COC1OC(CO)C(OC2OC(CO)C(OC3OC(CO)C(O)C(O)C3O)C(O)C2O)C(O)C1O)C(O)/C=C/CC/C=C/CCCCCCCCCC. The Morgan fingerprint density at radius 1 is 0.370 bits per heavy atom. The first-order chi connectivity index (χ1) is 48.8. The van der Waals surface area contributed by atoms with E-state index in [-0.39, 0.29) is 18.9 Å². The van der Waals surface area contributed by atoms with E-state index in [4.69, 9.17) is 28.4 Å². The van der Waals surface area contributed by atoms with Crippen LogP contribution in [0.15, 0.2) is 97.2 Å². The standard InChI is InChI=1S/C81H141NO18/c1-3-5-7-9-11-13-15-17-19-20-21-22-23-24-25-26-27-28-29-30-31-32-33-34-35-36-37-38-39-40-41-42-43-44-45-47-49-51-53-55-57-59-69(87)82-64(65(86)58-56-54-52-50-48-46-18-16-14-12-10-8-6-4-2)63-95-79-75(93)72(90)77(67(61-84)97-79)100-81-76(94)73(91)78(68(62-85)98-81)99-80-74(92)71(89)70(88)66(60-83)96-80/h5,7,11,13,17,19,21-22,24-25,27-28,48,50,56,58,64-68,70-81,83-86,88-94H,3-4,6,8-10,12,14-16,18,20,23,26,29-47,49,51-55,57,59-63H2,1-2H3,(H,82,87)/b7-5-,13-11-,19-17-,22-21-,25-24-,28-27-,50-48+,58-56+. The lowest BCUT2D eigenvalue weighted by atomic mass is 9.96. The molecule has 3 fully saturated rings. The highest BCUT2D eigenvalue weighted by molar-refractivity contribution is 5.76. The largest absolute Gasteiger partial charge is 0.394 e. The van der Waals surface area contributed by atoms with Crippen molar-refractivity contribution in [3.8, 4) is 0 Å². The Balaban J connectivity index is 1.29. The molecule has 578 valence electrons. The summed E-state index contributed by atoms with van der Waals surface area (Å²) in [7, 11) is 0. The minimum absolute atomic E-state index is 0.235. The van der Waals surface area contributed by atoms with Crippen LogP contribution in [0.5, 0.6) is 0 Å². The highest BCUT2D eigenvalue weighted by Crippen LogP contribution is 2.33. The average molecular weight is 1420 g/mol. The Morgan fingerprint density at radius 2 is 0.700 bits per heavy atom. The maximum Gasteiger partial charge on any atom is 0.220 e. The predicted molar refractivity (Wildman–Crippen MR) is 397 cm³/mol. The quantitative estimate of drug-likeness (QED) is 0.0199. The highest BCUT2D eigenvalue weighted by Gasteiger charge is 2.53. The van der Waals surface area contributed by atoms with E-state index >= 15 is 0 Å². The van der Waals surface area contributed by atoms with Crippen LogP contribution in [0.25, 0.3) is 0 Å². The molecular formula is C81H141NO18. The zero-order valence-electron chi connectivity index (χ0n) is 61.6. The van der Waals surface area contributed by atoms with Crippen LogP contribution in [0.4, 0.5) is 0 Å². The molecule has 0 saturated carbocycles. The minimum atomic E-state index is -1.98. The molecule has 3 aliphatic rings. The van der Waals surface area contributed by atoms with Gasteiger partial charge in [0, 0.05) is 6.42 Å². The molecule has 0 aliphatic carbocycles. The van der Waals surface area contributed by atoms with Crippen molar-refractivity contribution >= 4 is 5.91 Å². The van der Waals surface area contributed by atoms with Gasteiger partial charge in [-0.15, -0.1) is 0 Å². The Hall–Kier alpha value is -3.29. The third-order valence-electron chi connectivity index (χ3n) is 19.1. The summed E-state index contributed by atoms with van der Waals surface area (Å²) in [6, 6.07) is -0.992. The molecule has 100 heavy (non-hydrogen) atoms. The summed E-state index contributed by atoms with van der Waals surface area (Å²) in [6.07, 6.45) is 55.7. The van der Waals surface area contributed by atoms with Gasteiger partial charge in [0.1, 0.15) is 73.2 Å². The van der Waals surface area contributed by atoms with Gasteiger partial charge in [0.15, 0.2) is 18.9 Å². The molecular weight excluding hydrogens is 1270 g/mol. The Morgan fingerprint density at radius 3 is 1.12 bits per heavy atom. The fourth-order valence-corrected chi connectivity index (χ4v) is 12.8. The summed E-state index contributed by atoms with van der Waals surface area (Å²) in [6.45, 7) is 1.60. The Labute approximate surface area is 603 Å². The summed E-state index contributed by atoms with van der Waals surface area (Å²) in [5.74, 6) is -0.284. The van der Waals surface area contributed by atoms with Gasteiger partial charge >= 0.3 is 0 Å². The molecule has 0 bridgehead atoms. The van der Waals surface area contributed by atoms with Crippen molar-refractivity contribution in [1.82, 2.24) is 5.32 Å². The highest BCUT2D eigenvalue weighted by atomic mass is 16.8. The lowest BCUT2D eigenvalue weighted by molar-refractivity contribution is -0.379. The smallest absolute Gasteiger partial charge is 0.220 e. The minimum Gasteiger partial charge on any atom is -0.394 e. The number of hydrogen-bond donors (Lipinski definition) is 12. The predicted octanol–water partition coefficient (Wildman–Crippen LogP) is 12.8. The number of carbonyl (C=O) groups is 1. The first-order valence-corrected chi connectivity index (χ1v) is 39.5. The number of carbonyl (C=O) groups excluding carboxylic acids is 1. The van der Waals surface area contributed by atoms with Crippen LogP contribution in [0.2, 0.25) is 0 Å². The number of aliphatic hydroxyl groups excluding tert-OH is 11. The summed E-state index contributed by atoms with van der Waals surface area (Å²) < 4.78 is 34.4. The molecule has 19 heteroatoms. The molecule has 0 spiro atoms. The van der Waals surface area contributed by atoms with E-state index in [9.17, 15) is 61.0 Å². The van der Waals surface area contributed by atoms with Crippen molar-refractivity contribution in [1.29, 1.82) is 0 Å². The van der Waals surface area contributed by atoms with Gasteiger partial charge in [0.25, 0.3) is 0 Å². The van der Waals surface area contributed by atoms with Crippen molar-refractivity contribution in [3.63, 3.8) is 0 Å². The molecule has 0 aromatic heterocycles. The number of amides is 1. The molecule has 17 atom stereocenters. The Bertz CT molecular complexity index is 2190. The molecule has 19 nitrogen and oxygen atoms in total. The van der Waals surface area contributed by atoms with Crippen LogP contribution in [0, 0.1) is 0 Å². The fraction of sp³-hybridized carbons (Fsp3) is 0.790. The Kier molecular flexibility index (Phi) is 55.4. The number of aliphatic hydroxyl groups is 11. The zero-order chi connectivity index (χ0) is 72.5. The van der Waals surface area contributed by atoms with Gasteiger partial charge in [-0.05, 0) is 83.5 Å². The molecule has 0 aromatic carbocycles. The first-order valence-electron chi connectivity index (χ1n) is 39.5. The maximum absolute atomic E-state index is 13.4. The van der Waals surface area contributed by atoms with Crippen LogP contribution >= 0.6 is 0 Å². The molecule has 17 unspecified atom stereocenters. The molecule has 3 rings (SSSR count). The van der Waals surface area contributed by atoms with Gasteiger partial charge in [-0.1, -0.05) is 284 Å². The topological polar surface area (TPSA) is 307 Å². The van der Waals surface area contributed by atoms with E-state index in [1.54, 1.807) is 6.08 Å². The number of allylic oxidation sites excluding steroid dienone is 15. The van der Waals surface area contributed by atoms with Gasteiger partial charge in [-0.2, -0.15) is 0 Å². The summed E-state index contributed by atoms with van der Waals surface area (Å²) in [5.41, 5.74) is 0. The van der Waals surface area contributed by atoms with Crippen LogP contribution in [0.1, 0.15) is 277 Å². The number of nitrogens with one attached hydrogen (secondary N) is 1. The van der Waals surface area contributed by atoms with E-state index in [1.807, 2.05) is 6.08 Å². The van der Waals surface area contributed by atoms with E-state index in [1.165, 1.54) is 167 Å². The lowest BCUT2D eigenvalue weighted by Gasteiger charge is -2.48. The third-order valence-corrected chi connectivity index (χ3v) is 19.1. The van der Waals surface area contributed by atoms with Gasteiger partial charge in [-0.25, -0.2) is 0 Å². The molecule has 1 amide bonds. The molecule has 3 heterocycles. The second-order valence-electron chi connectivity index (χ2n) is 27.8. The van der Waals surface area contributed by atoms with Gasteiger partial charge in [0.2, 0.25) is 5.91 Å². The van der Waals surface area contributed by atoms with Gasteiger partial charge < -0.3 is 89.9 Å². The zero-order valence-corrected chi connectivity index (χ0v) is 61.6. The average Bonchev–Trinajstić information content (AvgIpc) is 0.783. The van der Waals surface area contributed by atoms with Crippen LogP contribution in [0.3, 0.4) is 0 Å². The first kappa shape index (κ1) is 90.9. The normalized spacial score (nSPS) is 27.0. The summed E-state index contributed by atoms with van der Waals surface area (Å²) in [5, 5.41) is 121. The number of unbranched alkanes of at least 4 members (excludes halogenated alkanes) is 31. The second kappa shape index (κ2) is 60.9. The van der Waals surface area contributed by atoms with Crippen LogP contribution in [-0.2, 0) is 33.2 Å². The van der Waals surface area contributed by atoms with Gasteiger partial charge in [-0.3, -0.25) is 4.79 Å². The van der Waals surface area contributed by atoms with Gasteiger partial charge in [0.05, 0.1) is 38.6 Å². The van der Waals surface area contributed by atoms with Crippen molar-refractivity contribution in [2.24, 2.45) is 0 Å². The van der Waals surface area contributed by atoms with Crippen LogP contribution < -0.4 is 5.32 Å². The number of rotatable bonds is 61. The summed E-state index contributed by atoms with van der Waals surface area (Å²) >= 11 is 0. The molecule has 0 radical (unpaired) electrons. The van der Waals surface area contributed by atoms with Crippen molar-refractivity contribution in [3.05, 3.63) is 97.2 Å².